The van der Waals surface area contributed by atoms with Crippen molar-refractivity contribution < 1.29 is 0 Å². The Morgan fingerprint density at radius 1 is 0.765 bits per heavy atom. The van der Waals surface area contributed by atoms with E-state index in [1.807, 2.05) is 6.92 Å². The maximum absolute atomic E-state index is 2.24. The third-order valence-corrected chi connectivity index (χ3v) is 2.81. The minimum atomic E-state index is 0.341. The molecule has 0 aliphatic carbocycles. The second kappa shape index (κ2) is 6.05. The van der Waals surface area contributed by atoms with Gasteiger partial charge < -0.3 is 0 Å². The predicted octanol–water partition coefficient (Wildman–Crippen LogP) is 4.60. The van der Waals surface area contributed by atoms with Crippen LogP contribution in [0.25, 0.3) is 0 Å². The normalized spacial score (nSPS) is 11.2. The van der Waals surface area contributed by atoms with E-state index < -0.39 is 0 Å². The fraction of sp³-hybridized carbons (Fsp3) is 0.118. The van der Waals surface area contributed by atoms with E-state index >= 15 is 0 Å². The van der Waals surface area contributed by atoms with Crippen LogP contribution >= 0.6 is 0 Å². The Balaban J connectivity index is 2.36. The molecule has 0 heterocycles. The van der Waals surface area contributed by atoms with Crippen molar-refractivity contribution in [3.63, 3.8) is 0 Å². The van der Waals surface area contributed by atoms with E-state index in [0.29, 0.717) is 5.92 Å². The third kappa shape index (κ3) is 3.07. The number of benzene rings is 2. The predicted molar refractivity (Wildman–Crippen MR) is 73.8 cm³/mol. The van der Waals surface area contributed by atoms with Crippen molar-refractivity contribution in [2.75, 3.05) is 0 Å². The summed E-state index contributed by atoms with van der Waals surface area (Å²) in [7, 11) is 0. The van der Waals surface area contributed by atoms with Gasteiger partial charge in [-0.25, -0.2) is 0 Å². The van der Waals surface area contributed by atoms with E-state index in [1.165, 1.54) is 11.1 Å². The average Bonchev–Trinajstić information content (AvgIpc) is 2.42. The molecule has 0 unspecified atom stereocenters. The Bertz CT molecular complexity index is 414. The summed E-state index contributed by atoms with van der Waals surface area (Å²) in [5.74, 6) is 0.341. The molecule has 0 spiro atoms. The second-order valence-corrected chi connectivity index (χ2v) is 4.02. The van der Waals surface area contributed by atoms with E-state index in [0.717, 1.165) is 0 Å². The van der Waals surface area contributed by atoms with E-state index in [9.17, 15) is 0 Å². The Morgan fingerprint density at radius 3 is 1.65 bits per heavy atom. The number of allylic oxidation sites excluding steroid dienone is 2. The summed E-state index contributed by atoms with van der Waals surface area (Å²) in [6.45, 7) is 2.05. The van der Waals surface area contributed by atoms with E-state index in [2.05, 4.69) is 79.2 Å². The van der Waals surface area contributed by atoms with Crippen LogP contribution < -0.4 is 0 Å². The second-order valence-electron chi connectivity index (χ2n) is 4.02. The molecule has 0 fully saturated rings. The van der Waals surface area contributed by atoms with Crippen LogP contribution in [0.15, 0.2) is 72.8 Å². The number of hydrogen-bond donors (Lipinski definition) is 0. The first-order valence-electron chi connectivity index (χ1n) is 5.98. The van der Waals surface area contributed by atoms with Crippen LogP contribution in [0.1, 0.15) is 24.0 Å². The molecule has 0 aromatic heterocycles. The highest BCUT2D eigenvalue weighted by Crippen LogP contribution is 2.25. The van der Waals surface area contributed by atoms with Crippen molar-refractivity contribution in [3.05, 3.63) is 90.4 Å². The highest BCUT2D eigenvalue weighted by Gasteiger charge is 2.09. The monoisotopic (exact) mass is 221 g/mol. The Kier molecular flexibility index (Phi) is 4.15. The zero-order valence-electron chi connectivity index (χ0n) is 10.1. The summed E-state index contributed by atoms with van der Waals surface area (Å²) in [6.07, 6.45) is 6.42. The summed E-state index contributed by atoms with van der Waals surface area (Å²) in [4.78, 5) is 0. The van der Waals surface area contributed by atoms with Crippen molar-refractivity contribution in [2.45, 2.75) is 12.8 Å². The van der Waals surface area contributed by atoms with Gasteiger partial charge in [-0.15, -0.1) is 0 Å². The lowest BCUT2D eigenvalue weighted by atomic mass is 9.91. The Hall–Kier alpha value is -1.82. The molecule has 85 valence electrons. The van der Waals surface area contributed by atoms with Crippen molar-refractivity contribution in [2.24, 2.45) is 0 Å². The molecule has 0 aliphatic heterocycles. The van der Waals surface area contributed by atoms with Crippen LogP contribution in [0.3, 0.4) is 0 Å². The summed E-state index contributed by atoms with van der Waals surface area (Å²) < 4.78 is 0. The van der Waals surface area contributed by atoms with Gasteiger partial charge in [-0.3, -0.25) is 0 Å². The van der Waals surface area contributed by atoms with Crippen LogP contribution in [-0.2, 0) is 0 Å². The van der Waals surface area contributed by atoms with Crippen molar-refractivity contribution in [3.8, 4) is 0 Å². The summed E-state index contributed by atoms with van der Waals surface area (Å²) >= 11 is 0. The molecule has 1 radical (unpaired) electrons. The lowest BCUT2D eigenvalue weighted by molar-refractivity contribution is 1.02. The molecule has 2 rings (SSSR count). The SMILES string of the molecule is C[CH]C=CC(c1ccccc1)c1ccccc1. The zero-order valence-corrected chi connectivity index (χ0v) is 10.1. The molecule has 17 heavy (non-hydrogen) atoms. The van der Waals surface area contributed by atoms with Crippen LogP contribution in [0.2, 0.25) is 0 Å². The molecule has 0 atom stereocenters. The van der Waals surface area contributed by atoms with Gasteiger partial charge in [0.05, 0.1) is 0 Å². The van der Waals surface area contributed by atoms with Crippen molar-refractivity contribution >= 4 is 0 Å². The lowest BCUT2D eigenvalue weighted by Gasteiger charge is -2.13. The molecule has 2 aromatic carbocycles. The van der Waals surface area contributed by atoms with Crippen LogP contribution in [0, 0.1) is 6.42 Å². The first-order valence-corrected chi connectivity index (χ1v) is 5.98. The quantitative estimate of drug-likeness (QED) is 0.708. The molecule has 0 bridgehead atoms. The molecule has 0 saturated heterocycles. The average molecular weight is 221 g/mol. The van der Waals surface area contributed by atoms with Gasteiger partial charge in [0.15, 0.2) is 0 Å². The third-order valence-electron chi connectivity index (χ3n) is 2.81. The smallest absolute Gasteiger partial charge is 0.0269 e. The highest BCUT2D eigenvalue weighted by molar-refractivity contribution is 5.36. The first-order chi connectivity index (χ1) is 8.42. The Labute approximate surface area is 104 Å². The van der Waals surface area contributed by atoms with Gasteiger partial charge in [-0.2, -0.15) is 0 Å². The van der Waals surface area contributed by atoms with E-state index in [4.69, 9.17) is 0 Å². The van der Waals surface area contributed by atoms with Gasteiger partial charge in [-0.1, -0.05) is 79.7 Å². The van der Waals surface area contributed by atoms with Crippen molar-refractivity contribution in [1.82, 2.24) is 0 Å². The van der Waals surface area contributed by atoms with E-state index in [1.54, 1.807) is 0 Å². The fourth-order valence-corrected chi connectivity index (χ4v) is 1.96. The molecule has 0 N–H and O–H groups in total. The summed E-state index contributed by atoms with van der Waals surface area (Å²) in [5.41, 5.74) is 2.66. The minimum absolute atomic E-state index is 0.341. The first kappa shape index (κ1) is 11.7. The largest absolute Gasteiger partial charge is 0.0842 e. The molecule has 0 saturated carbocycles. The molecule has 0 amide bonds. The molecular formula is C17H17. The molecule has 0 aliphatic rings. The van der Waals surface area contributed by atoms with Crippen LogP contribution in [0.5, 0.6) is 0 Å². The number of hydrogen-bond acceptors (Lipinski definition) is 0. The van der Waals surface area contributed by atoms with Gasteiger partial charge in [-0.05, 0) is 17.5 Å². The summed E-state index contributed by atoms with van der Waals surface area (Å²) in [5, 5.41) is 0. The fourth-order valence-electron chi connectivity index (χ4n) is 1.96. The van der Waals surface area contributed by atoms with Gasteiger partial charge in [0.2, 0.25) is 0 Å². The summed E-state index contributed by atoms with van der Waals surface area (Å²) in [6, 6.07) is 21.2. The highest BCUT2D eigenvalue weighted by atomic mass is 14.1. The maximum atomic E-state index is 2.24. The maximum Gasteiger partial charge on any atom is 0.0269 e. The topological polar surface area (TPSA) is 0 Å². The van der Waals surface area contributed by atoms with Crippen LogP contribution in [0.4, 0.5) is 0 Å². The Morgan fingerprint density at radius 2 is 1.24 bits per heavy atom. The van der Waals surface area contributed by atoms with Crippen molar-refractivity contribution in [1.29, 1.82) is 0 Å². The molecular weight excluding hydrogens is 204 g/mol. The lowest BCUT2D eigenvalue weighted by Crippen LogP contribution is -1.97. The molecule has 0 heteroatoms. The molecule has 0 nitrogen and oxygen atoms in total. The van der Waals surface area contributed by atoms with Gasteiger partial charge in [0, 0.05) is 5.92 Å². The molecule has 2 aromatic rings. The number of rotatable bonds is 4. The minimum Gasteiger partial charge on any atom is -0.0842 e. The van der Waals surface area contributed by atoms with Gasteiger partial charge in [0.25, 0.3) is 0 Å². The zero-order chi connectivity index (χ0) is 11.9. The van der Waals surface area contributed by atoms with Crippen LogP contribution in [-0.4, -0.2) is 0 Å². The standard InChI is InChI=1S/C17H17/c1-2-3-14-17(15-10-6-4-7-11-15)16-12-8-5-9-13-16/h2-14,17H,1H3. The van der Waals surface area contributed by atoms with E-state index in [-0.39, 0.29) is 0 Å². The van der Waals surface area contributed by atoms with Gasteiger partial charge in [0.1, 0.15) is 0 Å². The van der Waals surface area contributed by atoms with Gasteiger partial charge >= 0.3 is 0 Å².